The zero-order valence-electron chi connectivity index (χ0n) is 13.2. The second kappa shape index (κ2) is 7.05. The third-order valence-electron chi connectivity index (χ3n) is 4.35. The highest BCUT2D eigenvalue weighted by atomic mass is 79.9. The fraction of sp³-hybridized carbons (Fsp3) is 0.750. The van der Waals surface area contributed by atoms with Crippen LogP contribution < -0.4 is 5.56 Å². The number of hydrogen-bond acceptors (Lipinski definition) is 3. The molecule has 1 aliphatic rings. The van der Waals surface area contributed by atoms with Crippen molar-refractivity contribution in [3.05, 3.63) is 26.3 Å². The molecule has 1 N–H and O–H groups in total. The summed E-state index contributed by atoms with van der Waals surface area (Å²) >= 11 is 3.36. The van der Waals surface area contributed by atoms with E-state index in [9.17, 15) is 4.79 Å². The topological polar surface area (TPSA) is 55.0 Å². The van der Waals surface area contributed by atoms with E-state index in [0.717, 1.165) is 50.1 Å². The quantitative estimate of drug-likeness (QED) is 0.869. The fourth-order valence-electron chi connectivity index (χ4n) is 3.08. The van der Waals surface area contributed by atoms with Crippen LogP contribution >= 0.6 is 15.9 Å². The number of hydrogen-bond donors (Lipinski definition) is 1. The van der Waals surface area contributed by atoms with E-state index in [0.29, 0.717) is 16.9 Å². The first-order chi connectivity index (χ1) is 10.0. The molecule has 0 bridgehead atoms. The maximum absolute atomic E-state index is 12.2. The van der Waals surface area contributed by atoms with E-state index in [-0.39, 0.29) is 5.56 Å². The van der Waals surface area contributed by atoms with Crippen molar-refractivity contribution in [3.8, 4) is 0 Å². The zero-order chi connectivity index (χ0) is 15.5. The van der Waals surface area contributed by atoms with Gasteiger partial charge in [-0.3, -0.25) is 4.79 Å². The molecule has 0 unspecified atom stereocenters. The Bertz CT molecular complexity index is 534. The number of ether oxygens (including phenoxy) is 1. The van der Waals surface area contributed by atoms with Gasteiger partial charge in [-0.2, -0.15) is 0 Å². The SMILES string of the molecule is CCCc1nc(C2(OCC)CCC(C)CC2)[nH]c(=O)c1Br. The van der Waals surface area contributed by atoms with Crippen molar-refractivity contribution >= 4 is 15.9 Å². The van der Waals surface area contributed by atoms with Crippen molar-refractivity contribution in [2.24, 2.45) is 5.92 Å². The summed E-state index contributed by atoms with van der Waals surface area (Å²) in [7, 11) is 0. The van der Waals surface area contributed by atoms with E-state index in [1.54, 1.807) is 0 Å². The van der Waals surface area contributed by atoms with Crippen molar-refractivity contribution < 1.29 is 4.74 Å². The normalized spacial score (nSPS) is 26.0. The van der Waals surface area contributed by atoms with Gasteiger partial charge >= 0.3 is 0 Å². The van der Waals surface area contributed by atoms with Gasteiger partial charge in [0.05, 0.1) is 5.69 Å². The molecule has 0 atom stereocenters. The van der Waals surface area contributed by atoms with E-state index < -0.39 is 5.60 Å². The Labute approximate surface area is 134 Å². The molecule has 5 heteroatoms. The van der Waals surface area contributed by atoms with Crippen molar-refractivity contribution in [1.82, 2.24) is 9.97 Å². The van der Waals surface area contributed by atoms with Gasteiger partial charge in [-0.05, 0) is 60.9 Å². The lowest BCUT2D eigenvalue weighted by molar-refractivity contribution is -0.0840. The third kappa shape index (κ3) is 3.57. The molecule has 0 aromatic carbocycles. The van der Waals surface area contributed by atoms with Crippen LogP contribution in [0.25, 0.3) is 0 Å². The molecule has 118 valence electrons. The molecule has 0 saturated heterocycles. The molecule has 1 heterocycles. The molecular weight excluding hydrogens is 332 g/mol. The highest BCUT2D eigenvalue weighted by molar-refractivity contribution is 9.10. The standard InChI is InChI=1S/C16H25BrN2O2/c1-4-6-12-13(17)14(20)19-15(18-12)16(21-5-2)9-7-11(3)8-10-16/h11H,4-10H2,1-3H3,(H,18,19,20). The number of H-pyrrole nitrogens is 1. The minimum absolute atomic E-state index is 0.0962. The molecule has 1 fully saturated rings. The average molecular weight is 357 g/mol. The molecule has 1 aliphatic carbocycles. The number of halogens is 1. The van der Waals surface area contributed by atoms with Crippen molar-refractivity contribution in [2.45, 2.75) is 64.9 Å². The van der Waals surface area contributed by atoms with Crippen LogP contribution in [0.2, 0.25) is 0 Å². The summed E-state index contributed by atoms with van der Waals surface area (Å²) in [5.41, 5.74) is 0.332. The van der Waals surface area contributed by atoms with Gasteiger partial charge in [-0.1, -0.05) is 20.3 Å². The van der Waals surface area contributed by atoms with Crippen molar-refractivity contribution in [3.63, 3.8) is 0 Å². The Morgan fingerprint density at radius 1 is 1.38 bits per heavy atom. The monoisotopic (exact) mass is 356 g/mol. The molecule has 1 aromatic rings. The van der Waals surface area contributed by atoms with Crippen LogP contribution in [0.4, 0.5) is 0 Å². The van der Waals surface area contributed by atoms with Crippen LogP contribution in [-0.4, -0.2) is 16.6 Å². The minimum Gasteiger partial charge on any atom is -0.367 e. The van der Waals surface area contributed by atoms with Gasteiger partial charge in [0, 0.05) is 6.61 Å². The second-order valence-electron chi connectivity index (χ2n) is 6.04. The number of aromatic amines is 1. The van der Waals surface area contributed by atoms with Gasteiger partial charge in [-0.15, -0.1) is 0 Å². The summed E-state index contributed by atoms with van der Waals surface area (Å²) in [4.78, 5) is 19.9. The van der Waals surface area contributed by atoms with Gasteiger partial charge in [0.1, 0.15) is 15.9 Å². The van der Waals surface area contributed by atoms with Gasteiger partial charge in [0.25, 0.3) is 5.56 Å². The molecule has 21 heavy (non-hydrogen) atoms. The van der Waals surface area contributed by atoms with Gasteiger partial charge < -0.3 is 9.72 Å². The Morgan fingerprint density at radius 3 is 2.62 bits per heavy atom. The third-order valence-corrected chi connectivity index (χ3v) is 5.17. The summed E-state index contributed by atoms with van der Waals surface area (Å²) in [5, 5.41) is 0. The molecule has 0 aliphatic heterocycles. The highest BCUT2D eigenvalue weighted by Gasteiger charge is 2.39. The summed E-state index contributed by atoms with van der Waals surface area (Å²) in [6.45, 7) is 7.01. The van der Waals surface area contributed by atoms with Crippen LogP contribution in [0.5, 0.6) is 0 Å². The number of nitrogens with one attached hydrogen (secondary N) is 1. The molecular formula is C16H25BrN2O2. The van der Waals surface area contributed by atoms with Crippen LogP contribution in [0, 0.1) is 5.92 Å². The predicted octanol–water partition coefficient (Wildman–Crippen LogP) is 3.93. The van der Waals surface area contributed by atoms with E-state index in [1.165, 1.54) is 0 Å². The summed E-state index contributed by atoms with van der Waals surface area (Å²) in [6.07, 6.45) is 5.85. The van der Waals surface area contributed by atoms with Crippen LogP contribution in [0.1, 0.15) is 64.4 Å². The molecule has 0 radical (unpaired) electrons. The van der Waals surface area contributed by atoms with Crippen LogP contribution in [-0.2, 0) is 16.8 Å². The van der Waals surface area contributed by atoms with Gasteiger partial charge in [0.2, 0.25) is 0 Å². The maximum atomic E-state index is 12.2. The molecule has 1 saturated carbocycles. The van der Waals surface area contributed by atoms with E-state index in [2.05, 4.69) is 34.8 Å². The summed E-state index contributed by atoms with van der Waals surface area (Å²) < 4.78 is 6.64. The number of nitrogens with zero attached hydrogens (tertiary/aromatic N) is 1. The smallest absolute Gasteiger partial charge is 0.265 e. The second-order valence-corrected chi connectivity index (χ2v) is 6.83. The Morgan fingerprint density at radius 2 is 2.05 bits per heavy atom. The lowest BCUT2D eigenvalue weighted by Crippen LogP contribution is -2.38. The van der Waals surface area contributed by atoms with E-state index in [4.69, 9.17) is 9.72 Å². The Balaban J connectivity index is 2.43. The van der Waals surface area contributed by atoms with Crippen LogP contribution in [0.3, 0.4) is 0 Å². The average Bonchev–Trinajstić information content (AvgIpc) is 2.47. The summed E-state index contributed by atoms with van der Waals surface area (Å²) in [6, 6.07) is 0. The molecule has 4 nitrogen and oxygen atoms in total. The predicted molar refractivity (Wildman–Crippen MR) is 87.5 cm³/mol. The first-order valence-corrected chi connectivity index (χ1v) is 8.74. The number of rotatable bonds is 5. The Kier molecular flexibility index (Phi) is 5.60. The fourth-order valence-corrected chi connectivity index (χ4v) is 3.46. The van der Waals surface area contributed by atoms with E-state index in [1.807, 2.05) is 6.92 Å². The van der Waals surface area contributed by atoms with E-state index >= 15 is 0 Å². The lowest BCUT2D eigenvalue weighted by atomic mass is 9.78. The van der Waals surface area contributed by atoms with Gasteiger partial charge in [0.15, 0.2) is 0 Å². The molecule has 1 aromatic heterocycles. The largest absolute Gasteiger partial charge is 0.367 e. The maximum Gasteiger partial charge on any atom is 0.265 e. The van der Waals surface area contributed by atoms with Gasteiger partial charge in [-0.25, -0.2) is 4.98 Å². The molecule has 0 amide bonds. The number of aromatic nitrogens is 2. The lowest BCUT2D eigenvalue weighted by Gasteiger charge is -2.38. The van der Waals surface area contributed by atoms with Crippen molar-refractivity contribution in [2.75, 3.05) is 6.61 Å². The summed E-state index contributed by atoms with van der Waals surface area (Å²) in [5.74, 6) is 1.43. The zero-order valence-corrected chi connectivity index (χ0v) is 14.8. The first-order valence-electron chi connectivity index (χ1n) is 7.95. The minimum atomic E-state index is -0.413. The number of aryl methyl sites for hydroxylation is 1. The van der Waals surface area contributed by atoms with Crippen molar-refractivity contribution in [1.29, 1.82) is 0 Å². The molecule has 2 rings (SSSR count). The Hall–Kier alpha value is -0.680. The first kappa shape index (κ1) is 16.7. The highest BCUT2D eigenvalue weighted by Crippen LogP contribution is 2.41. The molecule has 0 spiro atoms. The van der Waals surface area contributed by atoms with Crippen LogP contribution in [0.15, 0.2) is 9.27 Å².